The van der Waals surface area contributed by atoms with E-state index in [9.17, 15) is 18.0 Å². The number of rotatable bonds is 5. The second-order valence-electron chi connectivity index (χ2n) is 7.57. The quantitative estimate of drug-likeness (QED) is 0.464. The molecule has 2 aliphatic rings. The van der Waals surface area contributed by atoms with Gasteiger partial charge in [-0.15, -0.1) is 11.3 Å². The first-order valence-electron chi connectivity index (χ1n) is 9.87. The third-order valence-electron chi connectivity index (χ3n) is 5.14. The summed E-state index contributed by atoms with van der Waals surface area (Å²) in [5.41, 5.74) is 6.06. The molecule has 0 atom stereocenters. The number of hydrogen-bond donors (Lipinski definition) is 3. The van der Waals surface area contributed by atoms with Gasteiger partial charge in [0.2, 0.25) is 10.0 Å². The minimum Gasteiger partial charge on any atom is -0.267 e. The summed E-state index contributed by atoms with van der Waals surface area (Å²) in [6.45, 7) is 0. The van der Waals surface area contributed by atoms with E-state index in [1.54, 1.807) is 0 Å². The van der Waals surface area contributed by atoms with Gasteiger partial charge in [0.05, 0.1) is 9.90 Å². The summed E-state index contributed by atoms with van der Waals surface area (Å²) in [4.78, 5) is 26.5. The number of halogens is 1. The number of benzene rings is 1. The summed E-state index contributed by atoms with van der Waals surface area (Å²) in [5, 5.41) is 0.0313. The Morgan fingerprint density at radius 1 is 1.00 bits per heavy atom. The molecule has 0 radical (unpaired) electrons. The van der Waals surface area contributed by atoms with Crippen LogP contribution in [0.1, 0.15) is 62.6 Å². The van der Waals surface area contributed by atoms with E-state index in [1.807, 2.05) is 6.07 Å². The molecule has 0 unspecified atom stereocenters. The summed E-state index contributed by atoms with van der Waals surface area (Å²) >= 11 is 7.49. The molecule has 1 heterocycles. The number of sulfonamides is 1. The molecule has 30 heavy (non-hydrogen) atoms. The van der Waals surface area contributed by atoms with Crippen molar-refractivity contribution < 1.29 is 18.0 Å². The van der Waals surface area contributed by atoms with Gasteiger partial charge >= 0.3 is 0 Å². The van der Waals surface area contributed by atoms with Crippen LogP contribution in [0.4, 0.5) is 0 Å². The molecule has 10 heteroatoms. The zero-order valence-electron chi connectivity index (χ0n) is 16.2. The summed E-state index contributed by atoms with van der Waals surface area (Å²) in [6.07, 6.45) is 6.99. The fourth-order valence-corrected chi connectivity index (χ4v) is 6.34. The van der Waals surface area contributed by atoms with E-state index in [4.69, 9.17) is 11.6 Å². The normalized spacial score (nSPS) is 16.4. The van der Waals surface area contributed by atoms with Crippen LogP contribution in [0.25, 0.3) is 0 Å². The maximum absolute atomic E-state index is 12.5. The number of hydrogen-bond acceptors (Lipinski definition) is 5. The SMILES string of the molecule is O=C(NNC(=O)c1cc2c(s1)CCCCC2)c1ccc(Cl)c(S(=O)(=O)NC2CC2)c1. The molecule has 2 aliphatic carbocycles. The van der Waals surface area contributed by atoms with Gasteiger partial charge in [-0.1, -0.05) is 18.0 Å². The highest BCUT2D eigenvalue weighted by atomic mass is 35.5. The van der Waals surface area contributed by atoms with Gasteiger partial charge in [-0.25, -0.2) is 13.1 Å². The summed E-state index contributed by atoms with van der Waals surface area (Å²) in [7, 11) is -3.81. The third-order valence-corrected chi connectivity index (χ3v) is 8.38. The molecular weight excluding hydrogens is 446 g/mol. The number of hydrazine groups is 1. The number of carbonyl (C=O) groups is 2. The lowest BCUT2D eigenvalue weighted by Gasteiger charge is -2.10. The average molecular weight is 468 g/mol. The Morgan fingerprint density at radius 2 is 1.73 bits per heavy atom. The van der Waals surface area contributed by atoms with Gasteiger partial charge in [-0.3, -0.25) is 20.4 Å². The van der Waals surface area contributed by atoms with Crippen LogP contribution in [0.15, 0.2) is 29.2 Å². The smallest absolute Gasteiger partial charge is 0.267 e. The fraction of sp³-hybridized carbons (Fsp3) is 0.400. The molecular formula is C20H22ClN3O4S2. The highest BCUT2D eigenvalue weighted by molar-refractivity contribution is 7.89. The standard InChI is InChI=1S/C20H22ClN3O4S2/c21-15-9-6-13(11-18(15)30(27,28)24-14-7-8-14)19(25)22-23-20(26)17-10-12-4-2-1-3-5-16(12)29-17/h6,9-11,14,24H,1-5,7-8H2,(H,22,25)(H,23,26). The Morgan fingerprint density at radius 3 is 2.50 bits per heavy atom. The fourth-order valence-electron chi connectivity index (χ4n) is 3.36. The highest BCUT2D eigenvalue weighted by Crippen LogP contribution is 2.29. The van der Waals surface area contributed by atoms with Crippen LogP contribution in [-0.2, 0) is 22.9 Å². The predicted octanol–water partition coefficient (Wildman–Crippen LogP) is 3.19. The number of fused-ring (bicyclic) bond motifs is 1. The largest absolute Gasteiger partial charge is 0.279 e. The Hall–Kier alpha value is -1.94. The maximum atomic E-state index is 12.5. The minimum absolute atomic E-state index is 0.0313. The summed E-state index contributed by atoms with van der Waals surface area (Å²) < 4.78 is 27.4. The van der Waals surface area contributed by atoms with E-state index in [0.29, 0.717) is 4.88 Å². The Bertz CT molecular complexity index is 1070. The molecule has 1 saturated carbocycles. The second-order valence-corrected chi connectivity index (χ2v) is 10.8. The van der Waals surface area contributed by atoms with E-state index in [1.165, 1.54) is 46.4 Å². The van der Waals surface area contributed by atoms with Crippen molar-refractivity contribution in [2.75, 3.05) is 0 Å². The predicted molar refractivity (Wildman–Crippen MR) is 115 cm³/mol. The Kier molecular flexibility index (Phi) is 6.15. The third kappa shape index (κ3) is 4.85. The van der Waals surface area contributed by atoms with Gasteiger partial charge < -0.3 is 0 Å². The molecule has 0 spiro atoms. The van der Waals surface area contributed by atoms with Gasteiger partial charge in [0, 0.05) is 16.5 Å². The van der Waals surface area contributed by atoms with E-state index in [-0.39, 0.29) is 21.5 Å². The van der Waals surface area contributed by atoms with Gasteiger partial charge in [0.25, 0.3) is 11.8 Å². The van der Waals surface area contributed by atoms with Crippen molar-refractivity contribution in [2.45, 2.75) is 55.9 Å². The van der Waals surface area contributed by atoms with Gasteiger partial charge in [-0.2, -0.15) is 0 Å². The summed E-state index contributed by atoms with van der Waals surface area (Å²) in [5.74, 6) is -1.01. The zero-order chi connectivity index (χ0) is 21.3. The Labute approximate surface area is 184 Å². The molecule has 7 nitrogen and oxygen atoms in total. The topological polar surface area (TPSA) is 104 Å². The van der Waals surface area contributed by atoms with Crippen molar-refractivity contribution in [1.29, 1.82) is 0 Å². The van der Waals surface area contributed by atoms with E-state index < -0.39 is 21.8 Å². The maximum Gasteiger partial charge on any atom is 0.279 e. The zero-order valence-corrected chi connectivity index (χ0v) is 18.6. The number of carbonyl (C=O) groups excluding carboxylic acids is 2. The molecule has 3 N–H and O–H groups in total. The van der Waals surface area contributed by atoms with E-state index >= 15 is 0 Å². The van der Waals surface area contributed by atoms with Crippen molar-refractivity contribution in [3.05, 3.63) is 50.2 Å². The molecule has 160 valence electrons. The van der Waals surface area contributed by atoms with E-state index in [2.05, 4.69) is 15.6 Å². The van der Waals surface area contributed by atoms with Crippen LogP contribution in [0.3, 0.4) is 0 Å². The molecule has 2 amide bonds. The number of amides is 2. The number of aryl methyl sites for hydroxylation is 2. The van der Waals surface area contributed by atoms with Crippen molar-refractivity contribution >= 4 is 44.8 Å². The molecule has 1 aromatic heterocycles. The minimum atomic E-state index is -3.81. The molecule has 4 rings (SSSR count). The van der Waals surface area contributed by atoms with Crippen LogP contribution in [0.5, 0.6) is 0 Å². The van der Waals surface area contributed by atoms with Crippen LogP contribution in [0.2, 0.25) is 5.02 Å². The molecule has 2 aromatic rings. The van der Waals surface area contributed by atoms with Crippen LogP contribution < -0.4 is 15.6 Å². The average Bonchev–Trinajstić information content (AvgIpc) is 3.47. The first-order valence-corrected chi connectivity index (χ1v) is 12.6. The molecule has 1 fully saturated rings. The number of nitrogens with one attached hydrogen (secondary N) is 3. The summed E-state index contributed by atoms with van der Waals surface area (Å²) in [6, 6.07) is 5.79. The van der Waals surface area contributed by atoms with Crippen molar-refractivity contribution in [1.82, 2.24) is 15.6 Å². The van der Waals surface area contributed by atoms with Crippen LogP contribution in [-0.4, -0.2) is 26.3 Å². The first kappa shape index (κ1) is 21.3. The van der Waals surface area contributed by atoms with Gasteiger partial charge in [0.15, 0.2) is 0 Å². The van der Waals surface area contributed by atoms with E-state index in [0.717, 1.165) is 38.5 Å². The molecule has 0 bridgehead atoms. The number of thiophene rings is 1. The van der Waals surface area contributed by atoms with Crippen LogP contribution in [0, 0.1) is 0 Å². The monoisotopic (exact) mass is 467 g/mol. The highest BCUT2D eigenvalue weighted by Gasteiger charge is 2.29. The molecule has 1 aromatic carbocycles. The molecule has 0 saturated heterocycles. The lowest BCUT2D eigenvalue weighted by molar-refractivity contribution is 0.0848. The second kappa shape index (κ2) is 8.66. The lowest BCUT2D eigenvalue weighted by Crippen LogP contribution is -2.41. The first-order chi connectivity index (χ1) is 14.3. The van der Waals surface area contributed by atoms with Crippen LogP contribution >= 0.6 is 22.9 Å². The van der Waals surface area contributed by atoms with Gasteiger partial charge in [0.1, 0.15) is 4.90 Å². The van der Waals surface area contributed by atoms with Gasteiger partial charge in [-0.05, 0) is 68.4 Å². The Balaban J connectivity index is 1.43. The molecule has 0 aliphatic heterocycles. The van der Waals surface area contributed by atoms with Crippen molar-refractivity contribution in [3.8, 4) is 0 Å². The van der Waals surface area contributed by atoms with Crippen molar-refractivity contribution in [2.24, 2.45) is 0 Å². The lowest BCUT2D eigenvalue weighted by atomic mass is 10.1. The van der Waals surface area contributed by atoms with Crippen molar-refractivity contribution in [3.63, 3.8) is 0 Å².